The van der Waals surface area contributed by atoms with Crippen molar-refractivity contribution in [2.24, 2.45) is 0 Å². The Morgan fingerprint density at radius 1 is 1.27 bits per heavy atom. The molecular formula is C13H22N2. The van der Waals surface area contributed by atoms with Gasteiger partial charge < -0.3 is 5.32 Å². The summed E-state index contributed by atoms with van der Waals surface area (Å²) in [7, 11) is 4.12. The molecule has 0 unspecified atom stereocenters. The lowest BCUT2D eigenvalue weighted by Gasteiger charge is -2.16. The fourth-order valence-electron chi connectivity index (χ4n) is 1.73. The largest absolute Gasteiger partial charge is 0.307 e. The van der Waals surface area contributed by atoms with E-state index in [4.69, 9.17) is 0 Å². The van der Waals surface area contributed by atoms with Gasteiger partial charge in [-0.15, -0.1) is 0 Å². The van der Waals surface area contributed by atoms with Gasteiger partial charge in [0.15, 0.2) is 0 Å². The van der Waals surface area contributed by atoms with Crippen LogP contribution in [-0.4, -0.2) is 32.2 Å². The zero-order chi connectivity index (χ0) is 11.3. The second-order valence-electron chi connectivity index (χ2n) is 4.27. The van der Waals surface area contributed by atoms with Crippen molar-refractivity contribution in [3.63, 3.8) is 0 Å². The highest BCUT2D eigenvalue weighted by Gasteiger charge is 2.01. The second kappa shape index (κ2) is 5.89. The third-order valence-corrected chi connectivity index (χ3v) is 2.70. The van der Waals surface area contributed by atoms with Crippen molar-refractivity contribution in [2.45, 2.75) is 20.3 Å². The predicted octanol–water partition coefficient (Wildman–Crippen LogP) is 1.95. The molecule has 0 aliphatic rings. The lowest BCUT2D eigenvalue weighted by Crippen LogP contribution is -2.30. The maximum atomic E-state index is 3.16. The number of rotatable bonds is 5. The Morgan fingerprint density at radius 3 is 2.67 bits per heavy atom. The zero-order valence-corrected chi connectivity index (χ0v) is 10.3. The van der Waals surface area contributed by atoms with Crippen LogP contribution in [0.25, 0.3) is 0 Å². The van der Waals surface area contributed by atoms with Gasteiger partial charge in [-0.1, -0.05) is 23.8 Å². The van der Waals surface area contributed by atoms with Crippen LogP contribution in [0.2, 0.25) is 0 Å². The van der Waals surface area contributed by atoms with Gasteiger partial charge in [0.2, 0.25) is 0 Å². The molecule has 0 radical (unpaired) electrons. The molecular weight excluding hydrogens is 184 g/mol. The number of nitrogens with zero attached hydrogens (tertiary/aromatic N) is 1. The van der Waals surface area contributed by atoms with E-state index >= 15 is 0 Å². The average Bonchev–Trinajstić information content (AvgIpc) is 2.20. The number of hydrogen-bond acceptors (Lipinski definition) is 2. The minimum atomic E-state index is 0.949. The van der Waals surface area contributed by atoms with Crippen molar-refractivity contribution < 1.29 is 0 Å². The Kier molecular flexibility index (Phi) is 4.79. The van der Waals surface area contributed by atoms with Gasteiger partial charge in [0, 0.05) is 13.2 Å². The van der Waals surface area contributed by atoms with Crippen LogP contribution in [0, 0.1) is 13.8 Å². The summed E-state index contributed by atoms with van der Waals surface area (Å²) in [4.78, 5) is 2.29. The maximum absolute atomic E-state index is 3.16. The first-order valence-corrected chi connectivity index (χ1v) is 5.52. The van der Waals surface area contributed by atoms with E-state index in [2.05, 4.69) is 49.3 Å². The zero-order valence-electron chi connectivity index (χ0n) is 10.3. The molecule has 0 amide bonds. The van der Waals surface area contributed by atoms with Crippen molar-refractivity contribution in [3.8, 4) is 0 Å². The molecule has 0 heterocycles. The molecule has 0 aromatic heterocycles. The third kappa shape index (κ3) is 4.02. The van der Waals surface area contributed by atoms with Crippen LogP contribution in [0.3, 0.4) is 0 Å². The lowest BCUT2D eigenvalue weighted by atomic mass is 10.0. The number of nitrogens with one attached hydrogen (secondary N) is 1. The van der Waals surface area contributed by atoms with Crippen molar-refractivity contribution >= 4 is 0 Å². The van der Waals surface area contributed by atoms with E-state index in [1.54, 1.807) is 0 Å². The Morgan fingerprint density at radius 2 is 2.00 bits per heavy atom. The van der Waals surface area contributed by atoms with Crippen molar-refractivity contribution in [1.82, 2.24) is 10.2 Å². The topological polar surface area (TPSA) is 15.3 Å². The molecule has 0 atom stereocenters. The van der Waals surface area contributed by atoms with Gasteiger partial charge in [-0.25, -0.2) is 0 Å². The summed E-state index contributed by atoms with van der Waals surface area (Å²) < 4.78 is 0. The van der Waals surface area contributed by atoms with Crippen LogP contribution in [0.15, 0.2) is 18.2 Å². The standard InChI is InChI=1S/C13H22N2/c1-11-5-6-12(2)13(9-11)7-8-15(4)10-14-3/h5-6,9,14H,7-8,10H2,1-4H3. The molecule has 0 aliphatic heterocycles. The van der Waals surface area contributed by atoms with E-state index < -0.39 is 0 Å². The molecule has 0 bridgehead atoms. The molecule has 1 rings (SSSR count). The molecule has 2 heteroatoms. The van der Waals surface area contributed by atoms with Crippen molar-refractivity contribution in [2.75, 3.05) is 27.3 Å². The lowest BCUT2D eigenvalue weighted by molar-refractivity contribution is 0.321. The molecule has 1 aromatic rings. The van der Waals surface area contributed by atoms with Crippen LogP contribution < -0.4 is 5.32 Å². The number of benzene rings is 1. The van der Waals surface area contributed by atoms with E-state index in [0.29, 0.717) is 0 Å². The maximum Gasteiger partial charge on any atom is 0.0475 e. The SMILES string of the molecule is CNCN(C)CCc1cc(C)ccc1C. The van der Waals surface area contributed by atoms with Crippen molar-refractivity contribution in [3.05, 3.63) is 34.9 Å². The van der Waals surface area contributed by atoms with Gasteiger partial charge in [-0.2, -0.15) is 0 Å². The van der Waals surface area contributed by atoms with Crippen LogP contribution in [-0.2, 0) is 6.42 Å². The van der Waals surface area contributed by atoms with Crippen molar-refractivity contribution in [1.29, 1.82) is 0 Å². The van der Waals surface area contributed by atoms with E-state index in [0.717, 1.165) is 19.6 Å². The Labute approximate surface area is 93.3 Å². The number of hydrogen-bond donors (Lipinski definition) is 1. The molecule has 1 N–H and O–H groups in total. The highest BCUT2D eigenvalue weighted by atomic mass is 15.2. The quantitative estimate of drug-likeness (QED) is 0.741. The molecule has 0 saturated carbocycles. The Bertz CT molecular complexity index is 307. The third-order valence-electron chi connectivity index (χ3n) is 2.70. The summed E-state index contributed by atoms with van der Waals surface area (Å²) in [5.41, 5.74) is 4.23. The molecule has 1 aromatic carbocycles. The first-order valence-electron chi connectivity index (χ1n) is 5.52. The van der Waals surface area contributed by atoms with Gasteiger partial charge in [-0.3, -0.25) is 4.90 Å². The van der Waals surface area contributed by atoms with E-state index in [1.807, 2.05) is 7.05 Å². The van der Waals surface area contributed by atoms with Gasteiger partial charge in [-0.05, 0) is 45.5 Å². The summed E-state index contributed by atoms with van der Waals surface area (Å²) in [6, 6.07) is 6.68. The predicted molar refractivity (Wildman–Crippen MR) is 66.2 cm³/mol. The first-order chi connectivity index (χ1) is 7.13. The summed E-state index contributed by atoms with van der Waals surface area (Å²) in [6.07, 6.45) is 1.13. The normalized spacial score (nSPS) is 11.0. The summed E-state index contributed by atoms with van der Waals surface area (Å²) in [6.45, 7) is 6.39. The average molecular weight is 206 g/mol. The fraction of sp³-hybridized carbons (Fsp3) is 0.538. The number of aryl methyl sites for hydroxylation is 2. The summed E-state index contributed by atoms with van der Waals surface area (Å²) in [5.74, 6) is 0. The molecule has 0 aliphatic carbocycles. The van der Waals surface area contributed by atoms with Gasteiger partial charge in [0.1, 0.15) is 0 Å². The highest BCUT2D eigenvalue weighted by molar-refractivity contribution is 5.30. The molecule has 2 nitrogen and oxygen atoms in total. The second-order valence-corrected chi connectivity index (χ2v) is 4.27. The minimum absolute atomic E-state index is 0.949. The fourth-order valence-corrected chi connectivity index (χ4v) is 1.73. The first kappa shape index (κ1) is 12.2. The smallest absolute Gasteiger partial charge is 0.0475 e. The highest BCUT2D eigenvalue weighted by Crippen LogP contribution is 2.11. The minimum Gasteiger partial charge on any atom is -0.307 e. The monoisotopic (exact) mass is 206 g/mol. The van der Waals surface area contributed by atoms with Crippen LogP contribution in [0.4, 0.5) is 0 Å². The summed E-state index contributed by atoms with van der Waals surface area (Å²) in [5, 5.41) is 3.16. The number of likely N-dealkylation sites (N-methyl/N-ethyl adjacent to an activating group) is 1. The molecule has 0 fully saturated rings. The van der Waals surface area contributed by atoms with Gasteiger partial charge >= 0.3 is 0 Å². The van der Waals surface area contributed by atoms with E-state index in [1.165, 1.54) is 16.7 Å². The van der Waals surface area contributed by atoms with Gasteiger partial charge in [0.25, 0.3) is 0 Å². The molecule has 84 valence electrons. The van der Waals surface area contributed by atoms with Crippen LogP contribution in [0.5, 0.6) is 0 Å². The van der Waals surface area contributed by atoms with Crippen LogP contribution in [0.1, 0.15) is 16.7 Å². The Balaban J connectivity index is 2.53. The van der Waals surface area contributed by atoms with E-state index in [9.17, 15) is 0 Å². The van der Waals surface area contributed by atoms with Gasteiger partial charge in [0.05, 0.1) is 0 Å². The van der Waals surface area contributed by atoms with Crippen LogP contribution >= 0.6 is 0 Å². The molecule has 0 spiro atoms. The Hall–Kier alpha value is -0.860. The summed E-state index contributed by atoms with van der Waals surface area (Å²) >= 11 is 0. The van der Waals surface area contributed by atoms with E-state index in [-0.39, 0.29) is 0 Å². The molecule has 0 saturated heterocycles. The molecule has 15 heavy (non-hydrogen) atoms.